The Hall–Kier alpha value is -0.790. The van der Waals surface area contributed by atoms with Crippen molar-refractivity contribution in [3.63, 3.8) is 0 Å². The average molecular weight is 483 g/mol. The quantitative estimate of drug-likeness (QED) is 0.267. The van der Waals surface area contributed by atoms with E-state index in [4.69, 9.17) is 4.74 Å². The zero-order chi connectivity index (χ0) is 25.4. The van der Waals surface area contributed by atoms with E-state index in [1.807, 2.05) is 0 Å². The number of allylic oxidation sites excluding steroid dienone is 1. The Morgan fingerprint density at radius 1 is 0.971 bits per heavy atom. The molecule has 11 atom stereocenters. The summed E-state index contributed by atoms with van der Waals surface area (Å²) in [7, 11) is 0. The van der Waals surface area contributed by atoms with Crippen molar-refractivity contribution in [1.82, 2.24) is 0 Å². The van der Waals surface area contributed by atoms with E-state index >= 15 is 0 Å². The Morgan fingerprint density at radius 2 is 1.71 bits per heavy atom. The molecule has 0 aromatic heterocycles. The van der Waals surface area contributed by atoms with Gasteiger partial charge in [0.1, 0.15) is 6.10 Å². The van der Waals surface area contributed by atoms with Crippen molar-refractivity contribution in [2.75, 3.05) is 0 Å². The van der Waals surface area contributed by atoms with Crippen LogP contribution in [0, 0.1) is 57.2 Å². The maximum atomic E-state index is 11.7. The summed E-state index contributed by atoms with van der Waals surface area (Å²) in [6.45, 7) is 20.9. The van der Waals surface area contributed by atoms with Crippen LogP contribution in [0.25, 0.3) is 0 Å². The van der Waals surface area contributed by atoms with Gasteiger partial charge in [-0.2, -0.15) is 0 Å². The highest BCUT2D eigenvalue weighted by Crippen LogP contribution is 2.88. The van der Waals surface area contributed by atoms with Gasteiger partial charge >= 0.3 is 5.97 Å². The van der Waals surface area contributed by atoms with Crippen molar-refractivity contribution >= 4 is 5.97 Å². The molecule has 5 fully saturated rings. The zero-order valence-electron chi connectivity index (χ0n) is 24.1. The molecule has 0 aromatic carbocycles. The van der Waals surface area contributed by atoms with Gasteiger partial charge in [-0.05, 0) is 141 Å². The number of carbonyl (C=O) groups is 1. The lowest BCUT2D eigenvalue weighted by Gasteiger charge is -2.62. The van der Waals surface area contributed by atoms with E-state index in [-0.39, 0.29) is 12.1 Å². The molecule has 0 aromatic rings. The normalized spacial score (nSPS) is 49.6. The van der Waals surface area contributed by atoms with Gasteiger partial charge in [-0.3, -0.25) is 4.79 Å². The molecule has 0 bridgehead atoms. The minimum Gasteiger partial charge on any atom is -0.462 e. The van der Waals surface area contributed by atoms with E-state index in [2.05, 4.69) is 48.1 Å². The van der Waals surface area contributed by atoms with Crippen LogP contribution in [0.4, 0.5) is 0 Å². The number of rotatable bonds is 7. The SMILES string of the molecule is C=C(C)C(CC)CCC(C)C1CCC2(C)C3CCC4C(C)C(OC(C)=O)CCC45CC35CCC12C. The van der Waals surface area contributed by atoms with Crippen molar-refractivity contribution < 1.29 is 9.53 Å². The lowest BCUT2D eigenvalue weighted by molar-refractivity contribution is -0.165. The molecule has 11 unspecified atom stereocenters. The Labute approximate surface area is 216 Å². The highest BCUT2D eigenvalue weighted by atomic mass is 16.5. The van der Waals surface area contributed by atoms with Crippen molar-refractivity contribution in [3.05, 3.63) is 12.2 Å². The van der Waals surface area contributed by atoms with Crippen LogP contribution < -0.4 is 0 Å². The summed E-state index contributed by atoms with van der Waals surface area (Å²) in [4.78, 5) is 11.7. The lowest BCUT2D eigenvalue weighted by atomic mass is 9.43. The van der Waals surface area contributed by atoms with E-state index in [1.165, 1.54) is 76.2 Å². The van der Waals surface area contributed by atoms with Gasteiger partial charge in [-0.15, -0.1) is 0 Å². The van der Waals surface area contributed by atoms with Gasteiger partial charge in [-0.1, -0.05) is 46.8 Å². The number of esters is 1. The fourth-order valence-electron chi connectivity index (χ4n) is 11.8. The Bertz CT molecular complexity index is 861. The summed E-state index contributed by atoms with van der Waals surface area (Å²) in [5.74, 6) is 4.56. The molecule has 2 nitrogen and oxygen atoms in total. The van der Waals surface area contributed by atoms with E-state index in [0.29, 0.717) is 33.5 Å². The summed E-state index contributed by atoms with van der Waals surface area (Å²) in [6.07, 6.45) is 16.6. The van der Waals surface area contributed by atoms with Gasteiger partial charge in [0.15, 0.2) is 0 Å². The number of carbonyl (C=O) groups excluding carboxylic acids is 1. The molecule has 35 heavy (non-hydrogen) atoms. The molecule has 5 rings (SSSR count). The lowest BCUT2D eigenvalue weighted by Crippen LogP contribution is -2.56. The summed E-state index contributed by atoms with van der Waals surface area (Å²) in [6, 6.07) is 0. The molecule has 0 N–H and O–H groups in total. The van der Waals surface area contributed by atoms with Crippen molar-refractivity contribution in [3.8, 4) is 0 Å². The maximum absolute atomic E-state index is 11.7. The topological polar surface area (TPSA) is 26.3 Å². The van der Waals surface area contributed by atoms with Crippen LogP contribution in [0.2, 0.25) is 0 Å². The molecule has 5 saturated carbocycles. The number of hydrogen-bond donors (Lipinski definition) is 0. The summed E-state index contributed by atoms with van der Waals surface area (Å²) < 4.78 is 5.81. The fraction of sp³-hybridized carbons (Fsp3) is 0.909. The van der Waals surface area contributed by atoms with E-state index < -0.39 is 0 Å². The van der Waals surface area contributed by atoms with Crippen LogP contribution in [0.15, 0.2) is 12.2 Å². The summed E-state index contributed by atoms with van der Waals surface area (Å²) in [5, 5.41) is 0. The minimum absolute atomic E-state index is 0.0856. The van der Waals surface area contributed by atoms with Crippen LogP contribution in [0.5, 0.6) is 0 Å². The van der Waals surface area contributed by atoms with Gasteiger partial charge < -0.3 is 4.74 Å². The third-order valence-electron chi connectivity index (χ3n) is 13.9. The second-order valence-electron chi connectivity index (χ2n) is 14.8. The molecule has 5 aliphatic carbocycles. The first-order valence-electron chi connectivity index (χ1n) is 15.3. The number of hydrogen-bond acceptors (Lipinski definition) is 2. The van der Waals surface area contributed by atoms with Crippen LogP contribution >= 0.6 is 0 Å². The molecule has 0 amide bonds. The average Bonchev–Trinajstić information content (AvgIpc) is 3.38. The predicted octanol–water partition coefficient (Wildman–Crippen LogP) is 8.99. The van der Waals surface area contributed by atoms with Gasteiger partial charge in [-0.25, -0.2) is 0 Å². The summed E-state index contributed by atoms with van der Waals surface area (Å²) in [5.41, 5.74) is 3.56. The first-order chi connectivity index (χ1) is 16.5. The third kappa shape index (κ3) is 3.49. The molecule has 2 heteroatoms. The van der Waals surface area contributed by atoms with Crippen LogP contribution in [-0.4, -0.2) is 12.1 Å². The largest absolute Gasteiger partial charge is 0.462 e. The fourth-order valence-corrected chi connectivity index (χ4v) is 11.8. The molecular weight excluding hydrogens is 428 g/mol. The zero-order valence-corrected chi connectivity index (χ0v) is 24.1. The highest BCUT2D eigenvalue weighted by molar-refractivity contribution is 5.66. The molecule has 0 saturated heterocycles. The smallest absolute Gasteiger partial charge is 0.302 e. The maximum Gasteiger partial charge on any atom is 0.302 e. The molecule has 0 aliphatic heterocycles. The summed E-state index contributed by atoms with van der Waals surface area (Å²) >= 11 is 0. The minimum atomic E-state index is -0.0856. The van der Waals surface area contributed by atoms with Gasteiger partial charge in [0.2, 0.25) is 0 Å². The number of fused-ring (bicyclic) bond motifs is 2. The highest BCUT2D eigenvalue weighted by Gasteiger charge is 2.81. The second-order valence-corrected chi connectivity index (χ2v) is 14.8. The third-order valence-corrected chi connectivity index (χ3v) is 13.9. The van der Waals surface area contributed by atoms with Crippen LogP contribution in [-0.2, 0) is 9.53 Å². The van der Waals surface area contributed by atoms with Crippen molar-refractivity contribution in [2.45, 2.75) is 132 Å². The molecule has 2 spiro atoms. The Morgan fingerprint density at radius 3 is 2.37 bits per heavy atom. The van der Waals surface area contributed by atoms with Gasteiger partial charge in [0, 0.05) is 6.92 Å². The molecule has 198 valence electrons. The molecule has 0 heterocycles. The molecular formula is C33H54O2. The second kappa shape index (κ2) is 8.62. The molecule has 5 aliphatic rings. The molecule has 0 radical (unpaired) electrons. The van der Waals surface area contributed by atoms with E-state index in [9.17, 15) is 4.79 Å². The Kier molecular flexibility index (Phi) is 6.37. The predicted molar refractivity (Wildman–Crippen MR) is 145 cm³/mol. The standard InChI is InChI=1S/C33H54O2/c1-9-25(21(2)3)11-10-22(4)26-14-16-31(8)29-13-12-27-23(5)28(35-24(6)34)15-17-32(27)20-33(29,32)19-18-30(26,31)7/h22-23,25-29H,2,9-20H2,1,3-8H3. The van der Waals surface area contributed by atoms with E-state index in [0.717, 1.165) is 30.1 Å². The van der Waals surface area contributed by atoms with E-state index in [1.54, 1.807) is 6.92 Å². The first kappa shape index (κ1) is 25.8. The van der Waals surface area contributed by atoms with Gasteiger partial charge in [0.05, 0.1) is 0 Å². The Balaban J connectivity index is 1.33. The van der Waals surface area contributed by atoms with Crippen LogP contribution in [0.1, 0.15) is 126 Å². The van der Waals surface area contributed by atoms with Gasteiger partial charge in [0.25, 0.3) is 0 Å². The van der Waals surface area contributed by atoms with Crippen molar-refractivity contribution in [2.24, 2.45) is 57.2 Å². The monoisotopic (exact) mass is 482 g/mol. The number of ether oxygens (including phenoxy) is 1. The first-order valence-corrected chi connectivity index (χ1v) is 15.3. The van der Waals surface area contributed by atoms with Crippen LogP contribution in [0.3, 0.4) is 0 Å². The van der Waals surface area contributed by atoms with Crippen molar-refractivity contribution in [1.29, 1.82) is 0 Å².